The lowest BCUT2D eigenvalue weighted by Gasteiger charge is -2.25. The summed E-state index contributed by atoms with van der Waals surface area (Å²) in [5, 5.41) is 8.05. The van der Waals surface area contributed by atoms with Gasteiger partial charge in [-0.3, -0.25) is 5.41 Å². The van der Waals surface area contributed by atoms with Crippen molar-refractivity contribution < 1.29 is 4.74 Å². The molecular weight excluding hydrogens is 250 g/mol. The maximum Gasteiger partial charge on any atom is 0.122 e. The van der Waals surface area contributed by atoms with Crippen LogP contribution in [0, 0.1) is 5.41 Å². The summed E-state index contributed by atoms with van der Waals surface area (Å²) in [5.74, 6) is 0.0401. The van der Waals surface area contributed by atoms with Gasteiger partial charge in [0.2, 0.25) is 0 Å². The molecule has 0 saturated heterocycles. The highest BCUT2D eigenvalue weighted by atomic mass is 35.5. The molecule has 0 aromatic heterocycles. The van der Waals surface area contributed by atoms with E-state index >= 15 is 0 Å². The number of amidine groups is 1. The van der Waals surface area contributed by atoms with E-state index in [1.807, 2.05) is 12.1 Å². The molecule has 0 heterocycles. The highest BCUT2D eigenvalue weighted by Gasteiger charge is 2.30. The standard InChI is InChI=1S/C13H18ClN3O/c1-18-7-6-17(10-3-4-10)12-5-2-9(13(15)16)8-11(12)14/h2,5,8,10H,3-4,6-7H2,1H3,(H3,15,16). The van der Waals surface area contributed by atoms with Crippen LogP contribution in [0.25, 0.3) is 0 Å². The first-order valence-electron chi connectivity index (χ1n) is 6.03. The molecule has 0 aliphatic heterocycles. The number of ether oxygens (including phenoxy) is 1. The molecule has 1 aliphatic carbocycles. The second-order valence-corrected chi connectivity index (χ2v) is 4.90. The highest BCUT2D eigenvalue weighted by Crippen LogP contribution is 2.35. The number of nitrogen functional groups attached to an aromatic ring is 1. The van der Waals surface area contributed by atoms with E-state index in [0.29, 0.717) is 23.2 Å². The minimum atomic E-state index is 0.0401. The number of benzene rings is 1. The lowest BCUT2D eigenvalue weighted by molar-refractivity contribution is 0.205. The summed E-state index contributed by atoms with van der Waals surface area (Å²) in [6.45, 7) is 1.52. The average Bonchev–Trinajstić information content (AvgIpc) is 3.15. The van der Waals surface area contributed by atoms with Gasteiger partial charge in [-0.05, 0) is 31.0 Å². The Morgan fingerprint density at radius 2 is 2.28 bits per heavy atom. The van der Waals surface area contributed by atoms with E-state index in [2.05, 4.69) is 4.90 Å². The lowest BCUT2D eigenvalue weighted by atomic mass is 10.1. The van der Waals surface area contributed by atoms with Crippen LogP contribution in [0.1, 0.15) is 18.4 Å². The van der Waals surface area contributed by atoms with Gasteiger partial charge >= 0.3 is 0 Å². The Morgan fingerprint density at radius 3 is 2.78 bits per heavy atom. The largest absolute Gasteiger partial charge is 0.384 e. The van der Waals surface area contributed by atoms with Crippen molar-refractivity contribution in [3.63, 3.8) is 0 Å². The van der Waals surface area contributed by atoms with Gasteiger partial charge in [-0.25, -0.2) is 0 Å². The number of hydrogen-bond donors (Lipinski definition) is 2. The van der Waals surface area contributed by atoms with E-state index in [9.17, 15) is 0 Å². The monoisotopic (exact) mass is 267 g/mol. The Balaban J connectivity index is 2.21. The van der Waals surface area contributed by atoms with Gasteiger partial charge in [-0.1, -0.05) is 11.6 Å². The number of hydrogen-bond acceptors (Lipinski definition) is 3. The summed E-state index contributed by atoms with van der Waals surface area (Å²) >= 11 is 6.28. The molecule has 1 aromatic carbocycles. The van der Waals surface area contributed by atoms with E-state index in [0.717, 1.165) is 12.2 Å². The molecule has 0 bridgehead atoms. The van der Waals surface area contributed by atoms with Crippen LogP contribution in [0.4, 0.5) is 5.69 Å². The highest BCUT2D eigenvalue weighted by molar-refractivity contribution is 6.33. The Morgan fingerprint density at radius 1 is 1.56 bits per heavy atom. The Kier molecular flexibility index (Phi) is 4.09. The van der Waals surface area contributed by atoms with Crippen molar-refractivity contribution in [2.45, 2.75) is 18.9 Å². The topological polar surface area (TPSA) is 62.3 Å². The summed E-state index contributed by atoms with van der Waals surface area (Å²) < 4.78 is 5.13. The molecule has 0 radical (unpaired) electrons. The molecule has 1 fully saturated rings. The zero-order chi connectivity index (χ0) is 13.1. The summed E-state index contributed by atoms with van der Waals surface area (Å²) in [4.78, 5) is 2.27. The van der Waals surface area contributed by atoms with Gasteiger partial charge in [-0.2, -0.15) is 0 Å². The Labute approximate surface area is 112 Å². The molecule has 1 saturated carbocycles. The summed E-state index contributed by atoms with van der Waals surface area (Å²) in [7, 11) is 1.70. The quantitative estimate of drug-likeness (QED) is 0.614. The molecular formula is C13H18ClN3O. The van der Waals surface area contributed by atoms with Crippen LogP contribution < -0.4 is 10.6 Å². The van der Waals surface area contributed by atoms with Gasteiger partial charge < -0.3 is 15.4 Å². The van der Waals surface area contributed by atoms with E-state index in [-0.39, 0.29) is 5.84 Å². The third-order valence-corrected chi connectivity index (χ3v) is 3.39. The van der Waals surface area contributed by atoms with E-state index in [1.165, 1.54) is 12.8 Å². The van der Waals surface area contributed by atoms with Crippen molar-refractivity contribution in [1.29, 1.82) is 5.41 Å². The smallest absolute Gasteiger partial charge is 0.122 e. The molecule has 0 amide bonds. The first-order chi connectivity index (χ1) is 8.63. The second-order valence-electron chi connectivity index (χ2n) is 4.50. The molecule has 0 unspecified atom stereocenters. The van der Waals surface area contributed by atoms with Crippen LogP contribution in [-0.2, 0) is 4.74 Å². The summed E-state index contributed by atoms with van der Waals surface area (Å²) in [5.41, 5.74) is 7.11. The van der Waals surface area contributed by atoms with Crippen LogP contribution >= 0.6 is 11.6 Å². The maximum absolute atomic E-state index is 7.40. The van der Waals surface area contributed by atoms with E-state index in [4.69, 9.17) is 27.5 Å². The molecule has 0 spiro atoms. The van der Waals surface area contributed by atoms with Gasteiger partial charge in [0.1, 0.15) is 5.84 Å². The van der Waals surface area contributed by atoms with Crippen LogP contribution in [-0.4, -0.2) is 32.1 Å². The van der Waals surface area contributed by atoms with E-state index in [1.54, 1.807) is 13.2 Å². The number of rotatable bonds is 6. The molecule has 18 heavy (non-hydrogen) atoms. The number of nitrogens with two attached hydrogens (primary N) is 1. The number of anilines is 1. The molecule has 2 rings (SSSR count). The first-order valence-corrected chi connectivity index (χ1v) is 6.41. The van der Waals surface area contributed by atoms with Gasteiger partial charge in [0.15, 0.2) is 0 Å². The molecule has 4 nitrogen and oxygen atoms in total. The number of methoxy groups -OCH3 is 1. The average molecular weight is 268 g/mol. The Bertz CT molecular complexity index is 446. The van der Waals surface area contributed by atoms with Crippen LogP contribution in [0.15, 0.2) is 18.2 Å². The normalized spacial score (nSPS) is 14.6. The fourth-order valence-corrected chi connectivity index (χ4v) is 2.27. The van der Waals surface area contributed by atoms with Crippen molar-refractivity contribution in [2.24, 2.45) is 5.73 Å². The molecule has 0 atom stereocenters. The SMILES string of the molecule is COCCN(c1ccc(C(=N)N)cc1Cl)C1CC1. The second kappa shape index (κ2) is 5.59. The summed E-state index contributed by atoms with van der Waals surface area (Å²) in [6.07, 6.45) is 2.41. The molecule has 5 heteroatoms. The van der Waals surface area contributed by atoms with Gasteiger partial charge in [0.25, 0.3) is 0 Å². The third kappa shape index (κ3) is 2.94. The van der Waals surface area contributed by atoms with Crippen molar-refractivity contribution in [3.05, 3.63) is 28.8 Å². The van der Waals surface area contributed by atoms with Crippen LogP contribution in [0.2, 0.25) is 5.02 Å². The van der Waals surface area contributed by atoms with Crippen molar-refractivity contribution in [2.75, 3.05) is 25.2 Å². The number of halogens is 1. The van der Waals surface area contributed by atoms with Gasteiger partial charge in [-0.15, -0.1) is 0 Å². The van der Waals surface area contributed by atoms with Crippen molar-refractivity contribution in [1.82, 2.24) is 0 Å². The number of nitrogens with zero attached hydrogens (tertiary/aromatic N) is 1. The van der Waals surface area contributed by atoms with Crippen LogP contribution in [0.5, 0.6) is 0 Å². The van der Waals surface area contributed by atoms with Gasteiger partial charge in [0.05, 0.1) is 17.3 Å². The third-order valence-electron chi connectivity index (χ3n) is 3.09. The molecule has 1 aliphatic rings. The first kappa shape index (κ1) is 13.2. The van der Waals surface area contributed by atoms with Crippen molar-refractivity contribution in [3.8, 4) is 0 Å². The van der Waals surface area contributed by atoms with Crippen molar-refractivity contribution >= 4 is 23.1 Å². The van der Waals surface area contributed by atoms with Gasteiger partial charge in [0, 0.05) is 25.3 Å². The lowest BCUT2D eigenvalue weighted by Crippen LogP contribution is -2.29. The predicted octanol–water partition coefficient (Wildman–Crippen LogP) is 2.24. The molecule has 98 valence electrons. The fourth-order valence-electron chi connectivity index (χ4n) is 1.98. The Hall–Kier alpha value is -1.26. The number of nitrogens with one attached hydrogen (secondary N) is 1. The minimum absolute atomic E-state index is 0.0401. The van der Waals surface area contributed by atoms with E-state index < -0.39 is 0 Å². The fraction of sp³-hybridized carbons (Fsp3) is 0.462. The maximum atomic E-state index is 7.40. The molecule has 3 N–H and O–H groups in total. The van der Waals surface area contributed by atoms with Crippen LogP contribution in [0.3, 0.4) is 0 Å². The molecule has 1 aromatic rings. The zero-order valence-corrected chi connectivity index (χ0v) is 11.2. The predicted molar refractivity (Wildman–Crippen MR) is 74.7 cm³/mol. The summed E-state index contributed by atoms with van der Waals surface area (Å²) in [6, 6.07) is 6.10. The zero-order valence-electron chi connectivity index (χ0n) is 10.4. The minimum Gasteiger partial charge on any atom is -0.384 e.